The van der Waals surface area contributed by atoms with Crippen LogP contribution in [0.5, 0.6) is 0 Å². The number of rotatable bonds is 5. The molecule has 2 heterocycles. The average molecular weight is 412 g/mol. The molecule has 2 aliphatic heterocycles. The lowest BCUT2D eigenvalue weighted by atomic mass is 10.1. The zero-order valence-corrected chi connectivity index (χ0v) is 17.5. The van der Waals surface area contributed by atoms with E-state index in [-0.39, 0.29) is 6.03 Å². The minimum absolute atomic E-state index is 0.239. The molecule has 0 saturated carbocycles. The molecule has 1 aromatic rings. The molecule has 2 amide bonds. The summed E-state index contributed by atoms with van der Waals surface area (Å²) in [7, 11) is 1.90. The molecule has 0 aromatic heterocycles. The summed E-state index contributed by atoms with van der Waals surface area (Å²) in [4.78, 5) is 24.6. The number of nitrogens with two attached hydrogens (primary N) is 1. The fraction of sp³-hybridized carbons (Fsp3) is 0.381. The van der Waals surface area contributed by atoms with Crippen LogP contribution in [-0.2, 0) is 4.74 Å². The topological polar surface area (TPSA) is 108 Å². The van der Waals surface area contributed by atoms with Crippen molar-refractivity contribution >= 4 is 29.6 Å². The molecule has 30 heavy (non-hydrogen) atoms. The minimum atomic E-state index is -0.239. The van der Waals surface area contributed by atoms with Crippen LogP contribution < -0.4 is 16.4 Å². The van der Waals surface area contributed by atoms with Crippen molar-refractivity contribution in [3.8, 4) is 0 Å². The Morgan fingerprint density at radius 1 is 1.30 bits per heavy atom. The number of nitrogens with zero attached hydrogens (tertiary/aromatic N) is 4. The number of anilines is 1. The van der Waals surface area contributed by atoms with Gasteiger partial charge in [-0.05, 0) is 31.0 Å². The number of amidine groups is 1. The number of hydrogen-bond donors (Lipinski definition) is 3. The molecule has 160 valence electrons. The zero-order chi connectivity index (χ0) is 21.5. The lowest BCUT2D eigenvalue weighted by Gasteiger charge is -2.25. The second-order valence-corrected chi connectivity index (χ2v) is 6.99. The van der Waals surface area contributed by atoms with Crippen LogP contribution in [-0.4, -0.2) is 67.9 Å². The number of aliphatic imine (C=N–C) groups is 2. The van der Waals surface area contributed by atoms with Crippen LogP contribution in [0.15, 0.2) is 52.3 Å². The Labute approximate surface area is 177 Å². The quantitative estimate of drug-likeness (QED) is 0.687. The first-order valence-corrected chi connectivity index (χ1v) is 10.0. The standard InChI is InChI=1S/C21H29N7O2/c1-4-23-21(29)26-17-8-6-16(7-9-17)15(2)25-20-18(27(3)14-24-20)19(22)28-10-5-12-30-13-11-28/h6-9,14H,2,4-5,10-13,22H2,1,3H3,(H2,23,26,29)/b19-18-,25-20+. The van der Waals surface area contributed by atoms with Crippen LogP contribution in [0, 0.1) is 0 Å². The molecular formula is C21H29N7O2. The largest absolute Gasteiger partial charge is 0.384 e. The second-order valence-electron chi connectivity index (χ2n) is 6.99. The number of urea groups is 1. The van der Waals surface area contributed by atoms with Crippen molar-refractivity contribution in [2.45, 2.75) is 13.3 Å². The van der Waals surface area contributed by atoms with Gasteiger partial charge in [-0.25, -0.2) is 14.8 Å². The first-order chi connectivity index (χ1) is 14.5. The van der Waals surface area contributed by atoms with E-state index in [4.69, 9.17) is 10.5 Å². The maximum absolute atomic E-state index is 11.6. The molecule has 0 radical (unpaired) electrons. The number of carbonyl (C=O) groups is 1. The highest BCUT2D eigenvalue weighted by Crippen LogP contribution is 2.22. The number of benzene rings is 1. The lowest BCUT2D eigenvalue weighted by Crippen LogP contribution is -2.34. The van der Waals surface area contributed by atoms with E-state index in [9.17, 15) is 4.79 Å². The summed E-state index contributed by atoms with van der Waals surface area (Å²) < 4.78 is 5.52. The first kappa shape index (κ1) is 21.4. The van der Waals surface area contributed by atoms with Crippen LogP contribution >= 0.6 is 0 Å². The Balaban J connectivity index is 1.77. The predicted octanol–water partition coefficient (Wildman–Crippen LogP) is 2.02. The second kappa shape index (κ2) is 9.93. The van der Waals surface area contributed by atoms with Crippen molar-refractivity contribution in [1.82, 2.24) is 15.1 Å². The third-order valence-corrected chi connectivity index (χ3v) is 4.78. The van der Waals surface area contributed by atoms with E-state index in [2.05, 4.69) is 32.1 Å². The first-order valence-electron chi connectivity index (χ1n) is 10.0. The summed E-state index contributed by atoms with van der Waals surface area (Å²) >= 11 is 0. The zero-order valence-electron chi connectivity index (χ0n) is 17.5. The highest BCUT2D eigenvalue weighted by atomic mass is 16.5. The Morgan fingerprint density at radius 3 is 2.80 bits per heavy atom. The van der Waals surface area contributed by atoms with Gasteiger partial charge < -0.3 is 30.9 Å². The summed E-state index contributed by atoms with van der Waals surface area (Å²) in [6, 6.07) is 7.09. The number of nitrogens with one attached hydrogen (secondary N) is 2. The highest BCUT2D eigenvalue weighted by molar-refractivity contribution is 6.10. The van der Waals surface area contributed by atoms with E-state index in [1.165, 1.54) is 0 Å². The van der Waals surface area contributed by atoms with E-state index in [0.717, 1.165) is 37.4 Å². The van der Waals surface area contributed by atoms with Gasteiger partial charge in [0.2, 0.25) is 0 Å². The van der Waals surface area contributed by atoms with Gasteiger partial charge in [-0.1, -0.05) is 18.7 Å². The molecule has 0 spiro atoms. The van der Waals surface area contributed by atoms with E-state index in [1.807, 2.05) is 43.1 Å². The van der Waals surface area contributed by atoms with Gasteiger partial charge in [-0.2, -0.15) is 0 Å². The molecule has 0 unspecified atom stereocenters. The maximum atomic E-state index is 11.6. The van der Waals surface area contributed by atoms with Crippen molar-refractivity contribution in [3.05, 3.63) is 47.9 Å². The highest BCUT2D eigenvalue weighted by Gasteiger charge is 2.24. The van der Waals surface area contributed by atoms with Crippen molar-refractivity contribution in [1.29, 1.82) is 0 Å². The summed E-state index contributed by atoms with van der Waals surface area (Å²) in [5.41, 5.74) is 9.32. The monoisotopic (exact) mass is 411 g/mol. The molecule has 1 aromatic carbocycles. The van der Waals surface area contributed by atoms with Gasteiger partial charge in [-0.3, -0.25) is 0 Å². The molecule has 1 saturated heterocycles. The molecule has 9 nitrogen and oxygen atoms in total. The number of hydrogen-bond acceptors (Lipinski definition) is 6. The molecule has 0 bridgehead atoms. The number of ether oxygens (including phenoxy) is 1. The molecular weight excluding hydrogens is 382 g/mol. The van der Waals surface area contributed by atoms with Crippen LogP contribution in [0.1, 0.15) is 18.9 Å². The Kier molecular flexibility index (Phi) is 7.08. The normalized spacial score (nSPS) is 19.6. The van der Waals surface area contributed by atoms with Gasteiger partial charge in [0.05, 0.1) is 18.6 Å². The number of likely N-dealkylation sites (N-methyl/N-ethyl adjacent to an activating group) is 1. The molecule has 3 rings (SSSR count). The summed E-state index contributed by atoms with van der Waals surface area (Å²) in [5.74, 6) is 1.16. The summed E-state index contributed by atoms with van der Waals surface area (Å²) in [5, 5.41) is 5.46. The van der Waals surface area contributed by atoms with Crippen molar-refractivity contribution in [2.75, 3.05) is 45.2 Å². The SMILES string of the molecule is C=C(/N=C1/N=CN(C)/C1=C(/N)N1CCCOCC1)c1ccc(NC(=O)NCC)cc1. The van der Waals surface area contributed by atoms with E-state index in [1.54, 1.807) is 6.34 Å². The molecule has 1 fully saturated rings. The van der Waals surface area contributed by atoms with E-state index < -0.39 is 0 Å². The Hall–Kier alpha value is -3.33. The Bertz CT molecular complexity index is 866. The van der Waals surface area contributed by atoms with Gasteiger partial charge in [0.25, 0.3) is 0 Å². The van der Waals surface area contributed by atoms with Gasteiger partial charge in [0.15, 0.2) is 5.84 Å². The lowest BCUT2D eigenvalue weighted by molar-refractivity contribution is 0.145. The number of amides is 2. The average Bonchev–Trinajstić information content (AvgIpc) is 2.93. The maximum Gasteiger partial charge on any atom is 0.319 e. The predicted molar refractivity (Wildman–Crippen MR) is 120 cm³/mol. The van der Waals surface area contributed by atoms with Gasteiger partial charge in [0, 0.05) is 39.0 Å². The third-order valence-electron chi connectivity index (χ3n) is 4.78. The fourth-order valence-electron chi connectivity index (χ4n) is 3.21. The third kappa shape index (κ3) is 5.18. The minimum Gasteiger partial charge on any atom is -0.384 e. The molecule has 4 N–H and O–H groups in total. The van der Waals surface area contributed by atoms with Crippen molar-refractivity contribution in [3.63, 3.8) is 0 Å². The van der Waals surface area contributed by atoms with Gasteiger partial charge in [-0.15, -0.1) is 0 Å². The molecule has 2 aliphatic rings. The van der Waals surface area contributed by atoms with Crippen LogP contribution in [0.3, 0.4) is 0 Å². The van der Waals surface area contributed by atoms with Crippen LogP contribution in [0.4, 0.5) is 10.5 Å². The van der Waals surface area contributed by atoms with Gasteiger partial charge >= 0.3 is 6.03 Å². The van der Waals surface area contributed by atoms with Crippen molar-refractivity contribution in [2.24, 2.45) is 15.7 Å². The molecule has 0 aliphatic carbocycles. The molecule has 0 atom stereocenters. The Morgan fingerprint density at radius 2 is 2.07 bits per heavy atom. The fourth-order valence-corrected chi connectivity index (χ4v) is 3.21. The summed E-state index contributed by atoms with van der Waals surface area (Å²) in [6.45, 7) is 9.47. The van der Waals surface area contributed by atoms with Crippen LogP contribution in [0.2, 0.25) is 0 Å². The summed E-state index contributed by atoms with van der Waals surface area (Å²) in [6.07, 6.45) is 2.62. The number of carbonyl (C=O) groups excluding carboxylic acids is 1. The van der Waals surface area contributed by atoms with Gasteiger partial charge in [0.1, 0.15) is 11.5 Å². The van der Waals surface area contributed by atoms with Crippen molar-refractivity contribution < 1.29 is 9.53 Å². The van der Waals surface area contributed by atoms with Crippen LogP contribution in [0.25, 0.3) is 5.70 Å². The van der Waals surface area contributed by atoms with E-state index >= 15 is 0 Å². The smallest absolute Gasteiger partial charge is 0.319 e. The van der Waals surface area contributed by atoms with E-state index in [0.29, 0.717) is 36.2 Å². The molecule has 9 heteroatoms.